The molecular formula is C34H30N2O6S. The third-order valence-corrected chi connectivity index (χ3v) is 8.88. The summed E-state index contributed by atoms with van der Waals surface area (Å²) in [6, 6.07) is 20.8. The molecule has 2 aromatic heterocycles. The van der Waals surface area contributed by atoms with Gasteiger partial charge in [0.05, 0.1) is 36.6 Å². The Kier molecular flexibility index (Phi) is 8.07. The normalized spacial score (nSPS) is 12.8. The van der Waals surface area contributed by atoms with Gasteiger partial charge in [0.1, 0.15) is 10.8 Å². The first-order chi connectivity index (χ1) is 20.9. The number of nitrogens with zero attached hydrogens (tertiary/aromatic N) is 1. The van der Waals surface area contributed by atoms with Gasteiger partial charge in [0, 0.05) is 15.8 Å². The number of ether oxygens (including phenoxy) is 3. The molecule has 2 heterocycles. The van der Waals surface area contributed by atoms with Gasteiger partial charge >= 0.3 is 11.9 Å². The van der Waals surface area contributed by atoms with Crippen LogP contribution in [0.25, 0.3) is 32.9 Å². The lowest BCUT2D eigenvalue weighted by molar-refractivity contribution is -0.119. The fourth-order valence-corrected chi connectivity index (χ4v) is 6.82. The quantitative estimate of drug-likeness (QED) is 0.160. The highest BCUT2D eigenvalue weighted by atomic mass is 32.1. The number of benzene rings is 3. The lowest BCUT2D eigenvalue weighted by Crippen LogP contribution is -2.22. The number of carbonyl (C=O) groups excluding carboxylic acids is 3. The van der Waals surface area contributed by atoms with Gasteiger partial charge in [-0.2, -0.15) is 0 Å². The maximum Gasteiger partial charge on any atom is 0.341 e. The van der Waals surface area contributed by atoms with E-state index in [1.54, 1.807) is 19.2 Å². The third-order valence-electron chi connectivity index (χ3n) is 7.68. The van der Waals surface area contributed by atoms with Crippen molar-refractivity contribution in [2.75, 3.05) is 26.1 Å². The topological polar surface area (TPSA) is 104 Å². The molecule has 1 aliphatic rings. The Morgan fingerprint density at radius 3 is 2.51 bits per heavy atom. The van der Waals surface area contributed by atoms with Crippen molar-refractivity contribution in [3.05, 3.63) is 88.3 Å². The van der Waals surface area contributed by atoms with Gasteiger partial charge in [-0.15, -0.1) is 11.3 Å². The molecule has 1 aliphatic carbocycles. The number of para-hydroxylation sites is 1. The molecule has 0 radical (unpaired) electrons. The maximum absolute atomic E-state index is 13.4. The Labute approximate surface area is 252 Å². The minimum Gasteiger partial charge on any atom is -0.497 e. The lowest BCUT2D eigenvalue weighted by Gasteiger charge is -2.11. The molecule has 0 bridgehead atoms. The molecule has 0 fully saturated rings. The van der Waals surface area contributed by atoms with Crippen molar-refractivity contribution >= 4 is 55.9 Å². The molecule has 8 nitrogen and oxygen atoms in total. The van der Waals surface area contributed by atoms with E-state index < -0.39 is 24.5 Å². The molecule has 6 rings (SSSR count). The van der Waals surface area contributed by atoms with Crippen LogP contribution in [0, 0.1) is 0 Å². The summed E-state index contributed by atoms with van der Waals surface area (Å²) >= 11 is 1.39. The van der Waals surface area contributed by atoms with E-state index in [1.807, 2.05) is 54.6 Å². The number of amides is 1. The number of fused-ring (bicyclic) bond motifs is 3. The molecule has 3 aromatic carbocycles. The zero-order valence-corrected chi connectivity index (χ0v) is 24.7. The zero-order chi connectivity index (χ0) is 29.9. The number of carbonyl (C=O) groups is 3. The largest absolute Gasteiger partial charge is 0.497 e. The number of anilines is 1. The first-order valence-corrected chi connectivity index (χ1v) is 14.9. The number of pyridine rings is 1. The van der Waals surface area contributed by atoms with Crippen LogP contribution in [0.1, 0.15) is 50.4 Å². The Morgan fingerprint density at radius 2 is 1.67 bits per heavy atom. The molecule has 43 heavy (non-hydrogen) atoms. The molecule has 1 amide bonds. The predicted octanol–water partition coefficient (Wildman–Crippen LogP) is 6.98. The SMILES string of the molecule is COC(=O)c1c(NC(=O)COC(=O)c2cc(-c3ccc4cc(OC)ccc4c3)nc3ccccc23)sc2c1CCCCC2. The molecule has 218 valence electrons. The molecule has 0 saturated heterocycles. The first-order valence-electron chi connectivity index (χ1n) is 14.1. The van der Waals surface area contributed by atoms with E-state index in [0.717, 1.165) is 64.6 Å². The first kappa shape index (κ1) is 28.4. The highest BCUT2D eigenvalue weighted by molar-refractivity contribution is 7.17. The van der Waals surface area contributed by atoms with Crippen LogP contribution in [0.3, 0.4) is 0 Å². The maximum atomic E-state index is 13.4. The van der Waals surface area contributed by atoms with Crippen molar-refractivity contribution in [3.8, 4) is 17.0 Å². The summed E-state index contributed by atoms with van der Waals surface area (Å²) in [5.74, 6) is -0.877. The molecule has 0 unspecified atom stereocenters. The fraction of sp³-hybridized carbons (Fsp3) is 0.235. The zero-order valence-electron chi connectivity index (χ0n) is 23.9. The van der Waals surface area contributed by atoms with Crippen LogP contribution < -0.4 is 10.1 Å². The molecule has 0 saturated carbocycles. The Hall–Kier alpha value is -4.76. The van der Waals surface area contributed by atoms with Crippen LogP contribution in [0.2, 0.25) is 0 Å². The number of aryl methyl sites for hydroxylation is 1. The summed E-state index contributed by atoms with van der Waals surface area (Å²) in [5, 5.41) is 5.87. The van der Waals surface area contributed by atoms with E-state index in [9.17, 15) is 14.4 Å². The highest BCUT2D eigenvalue weighted by Crippen LogP contribution is 2.38. The number of hydrogen-bond acceptors (Lipinski definition) is 8. The Balaban J connectivity index is 1.24. The summed E-state index contributed by atoms with van der Waals surface area (Å²) in [5.41, 5.74) is 3.74. The van der Waals surface area contributed by atoms with Gasteiger partial charge < -0.3 is 19.5 Å². The van der Waals surface area contributed by atoms with Crippen molar-refractivity contribution in [1.82, 2.24) is 4.98 Å². The van der Waals surface area contributed by atoms with Crippen molar-refractivity contribution < 1.29 is 28.6 Å². The molecule has 9 heteroatoms. The second kappa shape index (κ2) is 12.2. The van der Waals surface area contributed by atoms with Gasteiger partial charge in [0.15, 0.2) is 6.61 Å². The van der Waals surface area contributed by atoms with Gasteiger partial charge in [-0.05, 0) is 72.4 Å². The van der Waals surface area contributed by atoms with Gasteiger partial charge in [-0.1, -0.05) is 42.8 Å². The third kappa shape index (κ3) is 5.81. The van der Waals surface area contributed by atoms with Crippen molar-refractivity contribution in [2.24, 2.45) is 0 Å². The number of nitrogens with one attached hydrogen (secondary N) is 1. The number of methoxy groups -OCH3 is 2. The van der Waals surface area contributed by atoms with E-state index in [2.05, 4.69) is 5.32 Å². The monoisotopic (exact) mass is 594 g/mol. The summed E-state index contributed by atoms with van der Waals surface area (Å²) < 4.78 is 15.9. The highest BCUT2D eigenvalue weighted by Gasteiger charge is 2.26. The van der Waals surface area contributed by atoms with Crippen LogP contribution in [0.15, 0.2) is 66.7 Å². The summed E-state index contributed by atoms with van der Waals surface area (Å²) in [6.07, 6.45) is 4.74. The number of hydrogen-bond donors (Lipinski definition) is 1. The van der Waals surface area contributed by atoms with Crippen molar-refractivity contribution in [3.63, 3.8) is 0 Å². The molecule has 0 atom stereocenters. The van der Waals surface area contributed by atoms with Gasteiger partial charge in [-0.3, -0.25) is 4.79 Å². The number of esters is 2. The van der Waals surface area contributed by atoms with Crippen LogP contribution in [-0.4, -0.2) is 43.7 Å². The molecule has 1 N–H and O–H groups in total. The lowest BCUT2D eigenvalue weighted by atomic mass is 10.0. The van der Waals surface area contributed by atoms with E-state index >= 15 is 0 Å². The second-order valence-corrected chi connectivity index (χ2v) is 11.5. The smallest absolute Gasteiger partial charge is 0.341 e. The second-order valence-electron chi connectivity index (χ2n) is 10.4. The number of aromatic nitrogens is 1. The van der Waals surface area contributed by atoms with Gasteiger partial charge in [0.2, 0.25) is 0 Å². The Bertz CT molecular complexity index is 1880. The standard InChI is InChI=1S/C34H30N2O6S/c1-40-23-15-14-20-16-22(13-12-21(20)17-23)28-18-26(24-8-6-7-10-27(24)35-28)33(38)42-19-30(37)36-32-31(34(39)41-2)25-9-4-3-5-11-29(25)43-32/h6-8,10,12-18H,3-5,9,11,19H2,1-2H3,(H,36,37). The average Bonchev–Trinajstić information content (AvgIpc) is 3.21. The van der Waals surface area contributed by atoms with Crippen molar-refractivity contribution in [1.29, 1.82) is 0 Å². The van der Waals surface area contributed by atoms with Crippen LogP contribution in [0.5, 0.6) is 5.75 Å². The van der Waals surface area contributed by atoms with E-state index in [-0.39, 0.29) is 0 Å². The van der Waals surface area contributed by atoms with Crippen LogP contribution in [0.4, 0.5) is 5.00 Å². The minimum atomic E-state index is -0.643. The van der Waals surface area contributed by atoms with E-state index in [4.69, 9.17) is 19.2 Å². The van der Waals surface area contributed by atoms with Gasteiger partial charge in [0.25, 0.3) is 5.91 Å². The molecule has 0 aliphatic heterocycles. The van der Waals surface area contributed by atoms with Crippen LogP contribution >= 0.6 is 11.3 Å². The molecular weight excluding hydrogens is 564 g/mol. The molecule has 0 spiro atoms. The summed E-state index contributed by atoms with van der Waals surface area (Å²) in [6.45, 7) is -0.508. The summed E-state index contributed by atoms with van der Waals surface area (Å²) in [4.78, 5) is 44.9. The van der Waals surface area contributed by atoms with E-state index in [0.29, 0.717) is 32.7 Å². The number of thiophene rings is 1. The summed E-state index contributed by atoms with van der Waals surface area (Å²) in [7, 11) is 2.97. The minimum absolute atomic E-state index is 0.307. The Morgan fingerprint density at radius 1 is 0.884 bits per heavy atom. The fourth-order valence-electron chi connectivity index (χ4n) is 5.52. The van der Waals surface area contributed by atoms with E-state index in [1.165, 1.54) is 18.4 Å². The average molecular weight is 595 g/mol. The van der Waals surface area contributed by atoms with Gasteiger partial charge in [-0.25, -0.2) is 14.6 Å². The predicted molar refractivity (Wildman–Crippen MR) is 167 cm³/mol. The van der Waals surface area contributed by atoms with Crippen molar-refractivity contribution in [2.45, 2.75) is 32.1 Å². The van der Waals surface area contributed by atoms with Crippen LogP contribution in [-0.2, 0) is 27.1 Å². The number of rotatable bonds is 7. The molecule has 5 aromatic rings.